The van der Waals surface area contributed by atoms with Crippen molar-refractivity contribution in [2.24, 2.45) is 0 Å². The zero-order valence-corrected chi connectivity index (χ0v) is 8.86. The standard InChI is InChI=1S/C12H13NO2/c1-3-10-4-6-11(7-5-10)12(8-13)15-9(2)14/h4-7,12H,3H2,1-2H3/t12-/m1/s1. The van der Waals surface area contributed by atoms with E-state index in [1.807, 2.05) is 30.3 Å². The van der Waals surface area contributed by atoms with Crippen LogP contribution in [0.5, 0.6) is 0 Å². The number of nitrogens with zero attached hydrogens (tertiary/aromatic N) is 1. The third kappa shape index (κ3) is 3.10. The number of ether oxygens (including phenoxy) is 1. The van der Waals surface area contributed by atoms with Crippen molar-refractivity contribution in [1.29, 1.82) is 5.26 Å². The minimum atomic E-state index is -0.798. The summed E-state index contributed by atoms with van der Waals surface area (Å²) < 4.78 is 4.86. The Morgan fingerprint density at radius 3 is 2.47 bits per heavy atom. The summed E-state index contributed by atoms with van der Waals surface area (Å²) in [5.41, 5.74) is 1.91. The summed E-state index contributed by atoms with van der Waals surface area (Å²) in [5.74, 6) is -0.443. The molecule has 1 aromatic rings. The summed E-state index contributed by atoms with van der Waals surface area (Å²) in [7, 11) is 0. The summed E-state index contributed by atoms with van der Waals surface area (Å²) in [5, 5.41) is 8.83. The van der Waals surface area contributed by atoms with Crippen LogP contribution in [0.2, 0.25) is 0 Å². The summed E-state index contributed by atoms with van der Waals surface area (Å²) in [4.78, 5) is 10.7. The fourth-order valence-corrected chi connectivity index (χ4v) is 1.26. The Kier molecular flexibility index (Phi) is 3.87. The minimum absolute atomic E-state index is 0.443. The van der Waals surface area contributed by atoms with Gasteiger partial charge in [0.05, 0.1) is 0 Å². The number of carbonyl (C=O) groups excluding carboxylic acids is 1. The van der Waals surface area contributed by atoms with Crippen LogP contribution in [0.3, 0.4) is 0 Å². The van der Waals surface area contributed by atoms with Gasteiger partial charge in [0, 0.05) is 12.5 Å². The zero-order valence-electron chi connectivity index (χ0n) is 8.86. The Hall–Kier alpha value is -1.82. The molecule has 0 aliphatic rings. The first kappa shape index (κ1) is 11.3. The fraction of sp³-hybridized carbons (Fsp3) is 0.333. The summed E-state index contributed by atoms with van der Waals surface area (Å²) >= 11 is 0. The van der Waals surface area contributed by atoms with E-state index in [1.54, 1.807) is 0 Å². The first-order valence-corrected chi connectivity index (χ1v) is 4.83. The van der Waals surface area contributed by atoms with Gasteiger partial charge in [0.1, 0.15) is 6.07 Å². The highest BCUT2D eigenvalue weighted by molar-refractivity contribution is 5.66. The number of esters is 1. The number of aryl methyl sites for hydroxylation is 1. The van der Waals surface area contributed by atoms with E-state index in [0.29, 0.717) is 5.56 Å². The SMILES string of the molecule is CCc1ccc([C@@H](C#N)OC(C)=O)cc1. The maximum Gasteiger partial charge on any atom is 0.304 e. The monoisotopic (exact) mass is 203 g/mol. The number of hydrogen-bond donors (Lipinski definition) is 0. The fourth-order valence-electron chi connectivity index (χ4n) is 1.26. The lowest BCUT2D eigenvalue weighted by molar-refractivity contribution is -0.144. The molecular weight excluding hydrogens is 190 g/mol. The van der Waals surface area contributed by atoms with Crippen molar-refractivity contribution in [3.05, 3.63) is 35.4 Å². The molecule has 0 unspecified atom stereocenters. The second-order valence-electron chi connectivity index (χ2n) is 3.21. The van der Waals surface area contributed by atoms with Crippen LogP contribution in [0.4, 0.5) is 0 Å². The van der Waals surface area contributed by atoms with Crippen molar-refractivity contribution in [1.82, 2.24) is 0 Å². The molecule has 3 nitrogen and oxygen atoms in total. The predicted molar refractivity (Wildman–Crippen MR) is 55.9 cm³/mol. The average molecular weight is 203 g/mol. The van der Waals surface area contributed by atoms with Crippen molar-refractivity contribution in [3.8, 4) is 6.07 Å². The number of carbonyl (C=O) groups is 1. The molecule has 15 heavy (non-hydrogen) atoms. The third-order valence-electron chi connectivity index (χ3n) is 2.09. The Morgan fingerprint density at radius 2 is 2.07 bits per heavy atom. The third-order valence-corrected chi connectivity index (χ3v) is 2.09. The molecule has 3 heteroatoms. The predicted octanol–water partition coefficient (Wildman–Crippen LogP) is 2.38. The summed E-state index contributed by atoms with van der Waals surface area (Å²) in [6, 6.07) is 9.44. The lowest BCUT2D eigenvalue weighted by Gasteiger charge is -2.09. The van der Waals surface area contributed by atoms with Gasteiger partial charge < -0.3 is 4.74 Å². The van der Waals surface area contributed by atoms with Crippen LogP contribution in [-0.2, 0) is 16.0 Å². The lowest BCUT2D eigenvalue weighted by Crippen LogP contribution is -2.06. The number of nitriles is 1. The van der Waals surface area contributed by atoms with Crippen LogP contribution in [0.15, 0.2) is 24.3 Å². The highest BCUT2D eigenvalue weighted by atomic mass is 16.5. The van der Waals surface area contributed by atoms with Crippen molar-refractivity contribution < 1.29 is 9.53 Å². The van der Waals surface area contributed by atoms with Crippen LogP contribution in [0.1, 0.15) is 31.1 Å². The van der Waals surface area contributed by atoms with E-state index in [-0.39, 0.29) is 0 Å². The van der Waals surface area contributed by atoms with Gasteiger partial charge in [0.2, 0.25) is 6.10 Å². The molecule has 1 rings (SSSR count). The number of rotatable bonds is 3. The maximum atomic E-state index is 10.7. The van der Waals surface area contributed by atoms with Crippen LogP contribution in [0.25, 0.3) is 0 Å². The molecule has 0 aliphatic heterocycles. The highest BCUT2D eigenvalue weighted by Gasteiger charge is 2.12. The minimum Gasteiger partial charge on any atom is -0.442 e. The topological polar surface area (TPSA) is 50.1 Å². The molecule has 0 amide bonds. The van der Waals surface area contributed by atoms with Crippen LogP contribution in [-0.4, -0.2) is 5.97 Å². The van der Waals surface area contributed by atoms with Gasteiger partial charge in [-0.05, 0) is 12.0 Å². The molecule has 1 atom stereocenters. The Morgan fingerprint density at radius 1 is 1.47 bits per heavy atom. The van der Waals surface area contributed by atoms with Gasteiger partial charge in [-0.1, -0.05) is 31.2 Å². The number of hydrogen-bond acceptors (Lipinski definition) is 3. The summed E-state index contributed by atoms with van der Waals surface area (Å²) in [6.07, 6.45) is 0.152. The van der Waals surface area contributed by atoms with Gasteiger partial charge >= 0.3 is 5.97 Å². The Bertz CT molecular complexity index is 376. The Labute approximate surface area is 89.3 Å². The van der Waals surface area contributed by atoms with Gasteiger partial charge in [0.15, 0.2) is 0 Å². The molecule has 78 valence electrons. The van der Waals surface area contributed by atoms with Crippen molar-refractivity contribution >= 4 is 5.97 Å². The van der Waals surface area contributed by atoms with Gasteiger partial charge in [0.25, 0.3) is 0 Å². The van der Waals surface area contributed by atoms with Crippen molar-refractivity contribution in [3.63, 3.8) is 0 Å². The van der Waals surface area contributed by atoms with E-state index >= 15 is 0 Å². The van der Waals surface area contributed by atoms with Crippen molar-refractivity contribution in [2.75, 3.05) is 0 Å². The summed E-state index contributed by atoms with van der Waals surface area (Å²) in [6.45, 7) is 3.35. The highest BCUT2D eigenvalue weighted by Crippen LogP contribution is 2.17. The van der Waals surface area contributed by atoms with Gasteiger partial charge in [-0.2, -0.15) is 5.26 Å². The molecule has 0 heterocycles. The molecule has 0 saturated heterocycles. The molecule has 0 N–H and O–H groups in total. The van der Waals surface area contributed by atoms with Crippen LogP contribution in [0, 0.1) is 11.3 Å². The van der Waals surface area contributed by atoms with Crippen LogP contribution < -0.4 is 0 Å². The Balaban J connectivity index is 2.84. The quantitative estimate of drug-likeness (QED) is 0.708. The van der Waals surface area contributed by atoms with Crippen LogP contribution >= 0.6 is 0 Å². The molecule has 0 bridgehead atoms. The molecular formula is C12H13NO2. The van der Waals surface area contributed by atoms with E-state index in [0.717, 1.165) is 6.42 Å². The molecule has 0 radical (unpaired) electrons. The molecule has 0 saturated carbocycles. The molecule has 0 aromatic heterocycles. The molecule has 0 spiro atoms. The largest absolute Gasteiger partial charge is 0.442 e. The van der Waals surface area contributed by atoms with E-state index in [9.17, 15) is 4.79 Å². The normalized spacial score (nSPS) is 11.5. The smallest absolute Gasteiger partial charge is 0.304 e. The van der Waals surface area contributed by atoms with E-state index in [2.05, 4.69) is 6.92 Å². The average Bonchev–Trinajstić information content (AvgIpc) is 2.26. The molecule has 0 fully saturated rings. The second-order valence-corrected chi connectivity index (χ2v) is 3.21. The lowest BCUT2D eigenvalue weighted by atomic mass is 10.1. The first-order chi connectivity index (χ1) is 7.17. The van der Waals surface area contributed by atoms with Gasteiger partial charge in [-0.3, -0.25) is 4.79 Å². The van der Waals surface area contributed by atoms with E-state index in [1.165, 1.54) is 12.5 Å². The van der Waals surface area contributed by atoms with Gasteiger partial charge in [-0.25, -0.2) is 0 Å². The van der Waals surface area contributed by atoms with E-state index in [4.69, 9.17) is 10.00 Å². The zero-order chi connectivity index (χ0) is 11.3. The van der Waals surface area contributed by atoms with Gasteiger partial charge in [-0.15, -0.1) is 0 Å². The molecule has 0 aliphatic carbocycles. The van der Waals surface area contributed by atoms with E-state index < -0.39 is 12.1 Å². The number of benzene rings is 1. The second kappa shape index (κ2) is 5.16. The van der Waals surface area contributed by atoms with Crippen molar-refractivity contribution in [2.45, 2.75) is 26.4 Å². The first-order valence-electron chi connectivity index (χ1n) is 4.83. The molecule has 1 aromatic carbocycles. The maximum absolute atomic E-state index is 10.7.